The van der Waals surface area contributed by atoms with E-state index in [9.17, 15) is 0 Å². The van der Waals surface area contributed by atoms with Crippen LogP contribution in [0.2, 0.25) is 0 Å². The Hall–Kier alpha value is -0.0400. The molecule has 0 aromatic heterocycles. The summed E-state index contributed by atoms with van der Waals surface area (Å²) in [4.78, 5) is 2.65. The van der Waals surface area contributed by atoms with Crippen molar-refractivity contribution in [3.05, 3.63) is 0 Å². The Balaban J connectivity index is 1.95. The van der Waals surface area contributed by atoms with E-state index in [-0.39, 0.29) is 0 Å². The summed E-state index contributed by atoms with van der Waals surface area (Å²) in [7, 11) is 0. The highest BCUT2D eigenvalue weighted by Gasteiger charge is 2.14. The second kappa shape index (κ2) is 7.27. The molecule has 1 heteroatoms. The summed E-state index contributed by atoms with van der Waals surface area (Å²) in [6.45, 7) is 11.1. The Morgan fingerprint density at radius 1 is 0.933 bits per heavy atom. The van der Waals surface area contributed by atoms with E-state index in [4.69, 9.17) is 0 Å². The summed E-state index contributed by atoms with van der Waals surface area (Å²) in [5.41, 5.74) is 0. The quantitative estimate of drug-likeness (QED) is 0.577. The van der Waals surface area contributed by atoms with Gasteiger partial charge in [-0.1, -0.05) is 40.0 Å². The average molecular weight is 211 g/mol. The molecule has 1 nitrogen and oxygen atoms in total. The molecule has 1 unspecified atom stereocenters. The third-order valence-corrected chi connectivity index (χ3v) is 3.50. The van der Waals surface area contributed by atoms with Crippen molar-refractivity contribution in [1.82, 2.24) is 4.90 Å². The lowest BCUT2D eigenvalue weighted by molar-refractivity contribution is 0.275. The van der Waals surface area contributed by atoms with Crippen LogP contribution >= 0.6 is 0 Å². The molecule has 0 amide bonds. The van der Waals surface area contributed by atoms with Crippen molar-refractivity contribution < 1.29 is 0 Å². The van der Waals surface area contributed by atoms with Crippen molar-refractivity contribution in [2.24, 2.45) is 11.8 Å². The molecule has 1 aliphatic rings. The lowest BCUT2D eigenvalue weighted by Crippen LogP contribution is -2.25. The standard InChI is InChI=1S/C14H29N/c1-13(2)8-4-5-9-14(3)12-15-10-6-7-11-15/h13-14H,4-12H2,1-3H3. The third-order valence-electron chi connectivity index (χ3n) is 3.50. The first-order valence-corrected chi connectivity index (χ1v) is 6.91. The van der Waals surface area contributed by atoms with Gasteiger partial charge in [-0.3, -0.25) is 0 Å². The van der Waals surface area contributed by atoms with Crippen LogP contribution < -0.4 is 0 Å². The van der Waals surface area contributed by atoms with E-state index in [0.717, 1.165) is 11.8 Å². The normalized spacial score (nSPS) is 20.0. The largest absolute Gasteiger partial charge is 0.303 e. The fourth-order valence-corrected chi connectivity index (χ4v) is 2.54. The van der Waals surface area contributed by atoms with Gasteiger partial charge in [-0.25, -0.2) is 0 Å². The summed E-state index contributed by atoms with van der Waals surface area (Å²) in [5.74, 6) is 1.80. The minimum absolute atomic E-state index is 0.888. The molecule has 1 atom stereocenters. The minimum Gasteiger partial charge on any atom is -0.303 e. The molecule has 0 radical (unpaired) electrons. The molecule has 90 valence electrons. The average Bonchev–Trinajstić information content (AvgIpc) is 2.64. The molecule has 1 fully saturated rings. The monoisotopic (exact) mass is 211 g/mol. The third kappa shape index (κ3) is 6.19. The summed E-state index contributed by atoms with van der Waals surface area (Å²) >= 11 is 0. The zero-order chi connectivity index (χ0) is 11.1. The molecule has 0 aliphatic carbocycles. The number of likely N-dealkylation sites (tertiary alicyclic amines) is 1. The first-order chi connectivity index (χ1) is 7.18. The van der Waals surface area contributed by atoms with Crippen LogP contribution in [-0.2, 0) is 0 Å². The number of unbranched alkanes of at least 4 members (excludes halogenated alkanes) is 1. The van der Waals surface area contributed by atoms with E-state index in [1.165, 1.54) is 58.2 Å². The van der Waals surface area contributed by atoms with Crippen molar-refractivity contribution in [2.45, 2.75) is 59.3 Å². The van der Waals surface area contributed by atoms with Crippen LogP contribution in [-0.4, -0.2) is 24.5 Å². The fraction of sp³-hybridized carbons (Fsp3) is 1.00. The van der Waals surface area contributed by atoms with Gasteiger partial charge in [-0.15, -0.1) is 0 Å². The molecule has 0 N–H and O–H groups in total. The van der Waals surface area contributed by atoms with Crippen molar-refractivity contribution in [2.75, 3.05) is 19.6 Å². The predicted octanol–water partition coefficient (Wildman–Crippen LogP) is 3.93. The Bertz CT molecular complexity index is 147. The first kappa shape index (κ1) is 13.0. The van der Waals surface area contributed by atoms with E-state index < -0.39 is 0 Å². The van der Waals surface area contributed by atoms with Crippen molar-refractivity contribution in [3.63, 3.8) is 0 Å². The highest BCUT2D eigenvalue weighted by molar-refractivity contribution is 4.68. The van der Waals surface area contributed by atoms with E-state index in [1.54, 1.807) is 0 Å². The van der Waals surface area contributed by atoms with Crippen LogP contribution in [0.4, 0.5) is 0 Å². The molecule has 1 saturated heterocycles. The maximum absolute atomic E-state index is 2.65. The van der Waals surface area contributed by atoms with E-state index >= 15 is 0 Å². The topological polar surface area (TPSA) is 3.24 Å². The SMILES string of the molecule is CC(C)CCCCC(C)CN1CCCC1. The van der Waals surface area contributed by atoms with Gasteiger partial charge in [0.1, 0.15) is 0 Å². The zero-order valence-electron chi connectivity index (χ0n) is 11.0. The second-order valence-electron chi connectivity index (χ2n) is 5.79. The lowest BCUT2D eigenvalue weighted by atomic mass is 9.99. The van der Waals surface area contributed by atoms with Crippen molar-refractivity contribution in [3.8, 4) is 0 Å². The molecule has 0 aromatic carbocycles. The zero-order valence-corrected chi connectivity index (χ0v) is 11.0. The lowest BCUT2D eigenvalue weighted by Gasteiger charge is -2.20. The van der Waals surface area contributed by atoms with Crippen LogP contribution in [0.25, 0.3) is 0 Å². The van der Waals surface area contributed by atoms with Crippen molar-refractivity contribution >= 4 is 0 Å². The van der Waals surface area contributed by atoms with Gasteiger partial charge >= 0.3 is 0 Å². The molecule has 15 heavy (non-hydrogen) atoms. The minimum atomic E-state index is 0.888. The number of hydrogen-bond acceptors (Lipinski definition) is 1. The molecule has 0 aromatic rings. The van der Waals surface area contributed by atoms with Gasteiger partial charge in [0, 0.05) is 6.54 Å². The molecular weight excluding hydrogens is 182 g/mol. The van der Waals surface area contributed by atoms with Crippen LogP contribution in [0.1, 0.15) is 59.3 Å². The van der Waals surface area contributed by atoms with Gasteiger partial charge in [-0.05, 0) is 44.2 Å². The smallest absolute Gasteiger partial charge is 0.000702 e. The van der Waals surface area contributed by atoms with Crippen LogP contribution in [0.5, 0.6) is 0 Å². The Labute approximate surface area is 96.2 Å². The number of hydrogen-bond donors (Lipinski definition) is 0. The Kier molecular flexibility index (Phi) is 6.31. The van der Waals surface area contributed by atoms with E-state index in [0.29, 0.717) is 0 Å². The maximum Gasteiger partial charge on any atom is 0.000702 e. The molecule has 1 heterocycles. The summed E-state index contributed by atoms with van der Waals surface area (Å²) < 4.78 is 0. The highest BCUT2D eigenvalue weighted by Crippen LogP contribution is 2.16. The Morgan fingerprint density at radius 2 is 1.53 bits per heavy atom. The molecule has 0 bridgehead atoms. The summed E-state index contributed by atoms with van der Waals surface area (Å²) in [6.07, 6.45) is 8.58. The number of nitrogens with zero attached hydrogens (tertiary/aromatic N) is 1. The van der Waals surface area contributed by atoms with E-state index in [2.05, 4.69) is 25.7 Å². The predicted molar refractivity (Wildman–Crippen MR) is 68.1 cm³/mol. The second-order valence-corrected chi connectivity index (χ2v) is 5.79. The van der Waals surface area contributed by atoms with Gasteiger partial charge in [-0.2, -0.15) is 0 Å². The van der Waals surface area contributed by atoms with Gasteiger partial charge < -0.3 is 4.90 Å². The van der Waals surface area contributed by atoms with Gasteiger partial charge in [0.25, 0.3) is 0 Å². The highest BCUT2D eigenvalue weighted by atomic mass is 15.1. The molecule has 0 saturated carbocycles. The van der Waals surface area contributed by atoms with Crippen molar-refractivity contribution in [1.29, 1.82) is 0 Å². The Morgan fingerprint density at radius 3 is 2.13 bits per heavy atom. The molecule has 1 aliphatic heterocycles. The summed E-state index contributed by atoms with van der Waals surface area (Å²) in [6, 6.07) is 0. The van der Waals surface area contributed by atoms with Crippen LogP contribution in [0, 0.1) is 11.8 Å². The number of rotatable bonds is 7. The van der Waals surface area contributed by atoms with Gasteiger partial charge in [0.2, 0.25) is 0 Å². The fourth-order valence-electron chi connectivity index (χ4n) is 2.54. The molecule has 0 spiro atoms. The van der Waals surface area contributed by atoms with Crippen LogP contribution in [0.3, 0.4) is 0 Å². The van der Waals surface area contributed by atoms with Gasteiger partial charge in [0.05, 0.1) is 0 Å². The molecule has 1 rings (SSSR count). The van der Waals surface area contributed by atoms with E-state index in [1.807, 2.05) is 0 Å². The van der Waals surface area contributed by atoms with Gasteiger partial charge in [0.15, 0.2) is 0 Å². The summed E-state index contributed by atoms with van der Waals surface area (Å²) in [5, 5.41) is 0. The first-order valence-electron chi connectivity index (χ1n) is 6.91. The maximum atomic E-state index is 2.65. The molecular formula is C14H29N. The van der Waals surface area contributed by atoms with Crippen LogP contribution in [0.15, 0.2) is 0 Å².